The zero-order valence-corrected chi connectivity index (χ0v) is 30.9. The van der Waals surface area contributed by atoms with E-state index in [-0.39, 0.29) is 32.0 Å². The van der Waals surface area contributed by atoms with Crippen LogP contribution in [0.15, 0.2) is 77.8 Å². The molecule has 0 unspecified atom stereocenters. The van der Waals surface area contributed by atoms with Crippen LogP contribution in [0.25, 0.3) is 0 Å². The molecule has 5 atom stereocenters. The van der Waals surface area contributed by atoms with Crippen LogP contribution in [0.4, 0.5) is 14.7 Å². The molecule has 2 aromatic carbocycles. The van der Waals surface area contributed by atoms with E-state index in [1.54, 1.807) is 25.6 Å². The SMILES string of the molecule is CC(C)[C@H](NC(=O)OCc1csc(N2CCCC2)n1)C(=O)N[C@@H](Cc1ccccc1)[C@H](O)[C@H](O)[C@H](Cc1ccccc1)NC(=O)OCc1cncs1. The van der Waals surface area contributed by atoms with Crippen molar-refractivity contribution < 1.29 is 34.1 Å². The number of carbonyl (C=O) groups is 3. The molecule has 3 heterocycles. The Bertz CT molecular complexity index is 1690. The van der Waals surface area contributed by atoms with Crippen molar-refractivity contribution in [2.24, 2.45) is 5.92 Å². The molecular weight excluding hydrogens is 705 g/mol. The number of alkyl carbamates (subject to hydrolysis) is 2. The van der Waals surface area contributed by atoms with Gasteiger partial charge in [0, 0.05) is 24.7 Å². The van der Waals surface area contributed by atoms with Gasteiger partial charge in [-0.2, -0.15) is 0 Å². The summed E-state index contributed by atoms with van der Waals surface area (Å²) in [5.41, 5.74) is 3.85. The first-order valence-electron chi connectivity index (χ1n) is 17.3. The molecule has 1 fully saturated rings. The molecule has 4 aromatic rings. The van der Waals surface area contributed by atoms with Gasteiger partial charge in [-0.25, -0.2) is 14.6 Å². The molecule has 0 saturated carbocycles. The number of nitrogens with one attached hydrogen (secondary N) is 3. The van der Waals surface area contributed by atoms with Crippen LogP contribution in [-0.4, -0.2) is 81.7 Å². The first-order valence-corrected chi connectivity index (χ1v) is 19.1. The number of thiazole rings is 2. The van der Waals surface area contributed by atoms with Gasteiger partial charge in [0.1, 0.15) is 31.5 Å². The fourth-order valence-corrected chi connectivity index (χ4v) is 7.27. The van der Waals surface area contributed by atoms with E-state index in [2.05, 4.69) is 30.8 Å². The molecule has 52 heavy (non-hydrogen) atoms. The molecule has 1 aliphatic heterocycles. The predicted octanol–water partition coefficient (Wildman–Crippen LogP) is 4.44. The lowest BCUT2D eigenvalue weighted by atomic mass is 9.90. The number of anilines is 1. The quantitative estimate of drug-likeness (QED) is 0.104. The maximum Gasteiger partial charge on any atom is 0.408 e. The largest absolute Gasteiger partial charge is 0.444 e. The Labute approximate surface area is 311 Å². The summed E-state index contributed by atoms with van der Waals surface area (Å²) in [6, 6.07) is 15.4. The van der Waals surface area contributed by atoms with Crippen molar-refractivity contribution in [3.05, 3.63) is 99.4 Å². The smallest absolute Gasteiger partial charge is 0.408 e. The van der Waals surface area contributed by atoms with E-state index in [4.69, 9.17) is 9.47 Å². The predicted molar refractivity (Wildman–Crippen MR) is 199 cm³/mol. The number of aliphatic hydroxyl groups is 2. The van der Waals surface area contributed by atoms with E-state index < -0.39 is 48.4 Å². The van der Waals surface area contributed by atoms with Crippen LogP contribution < -0.4 is 20.9 Å². The summed E-state index contributed by atoms with van der Waals surface area (Å²) in [6.45, 7) is 5.43. The fraction of sp³-hybridized carbons (Fsp3) is 0.432. The van der Waals surface area contributed by atoms with E-state index in [1.807, 2.05) is 66.0 Å². The number of carbonyl (C=O) groups excluding carboxylic acids is 3. The minimum atomic E-state index is -1.55. The van der Waals surface area contributed by atoms with Gasteiger partial charge in [0.05, 0.1) is 28.2 Å². The van der Waals surface area contributed by atoms with Gasteiger partial charge in [-0.3, -0.25) is 9.78 Å². The van der Waals surface area contributed by atoms with Crippen molar-refractivity contribution in [3.8, 4) is 0 Å². The molecule has 15 heteroatoms. The van der Waals surface area contributed by atoms with Gasteiger partial charge in [-0.15, -0.1) is 22.7 Å². The summed E-state index contributed by atoms with van der Waals surface area (Å²) in [4.78, 5) is 51.2. The van der Waals surface area contributed by atoms with E-state index in [0.717, 1.165) is 47.1 Å². The van der Waals surface area contributed by atoms with Crippen LogP contribution in [0, 0.1) is 5.92 Å². The van der Waals surface area contributed by atoms with Crippen molar-refractivity contribution in [1.29, 1.82) is 0 Å². The minimum absolute atomic E-state index is 0.00463. The number of amides is 3. The third-order valence-corrected chi connectivity index (χ3v) is 10.4. The summed E-state index contributed by atoms with van der Waals surface area (Å²) in [5.74, 6) is -0.922. The van der Waals surface area contributed by atoms with E-state index >= 15 is 0 Å². The van der Waals surface area contributed by atoms with Crippen LogP contribution in [0.5, 0.6) is 0 Å². The normalized spacial score (nSPS) is 15.7. The summed E-state index contributed by atoms with van der Waals surface area (Å²) in [7, 11) is 0. The van der Waals surface area contributed by atoms with Crippen LogP contribution in [-0.2, 0) is 40.3 Å². The molecular formula is C37H46N6O7S2. The molecule has 0 radical (unpaired) electrons. The van der Waals surface area contributed by atoms with Crippen molar-refractivity contribution in [3.63, 3.8) is 0 Å². The highest BCUT2D eigenvalue weighted by molar-refractivity contribution is 7.13. The van der Waals surface area contributed by atoms with Crippen LogP contribution >= 0.6 is 22.7 Å². The zero-order chi connectivity index (χ0) is 36.9. The summed E-state index contributed by atoms with van der Waals surface area (Å²) in [6.07, 6.45) is -0.479. The number of nitrogens with zero attached hydrogens (tertiary/aromatic N) is 3. The lowest BCUT2D eigenvalue weighted by Gasteiger charge is -2.34. The number of rotatable bonds is 17. The Hall–Kier alpha value is -4.57. The Morgan fingerprint density at radius 3 is 1.96 bits per heavy atom. The highest BCUT2D eigenvalue weighted by Crippen LogP contribution is 2.25. The van der Waals surface area contributed by atoms with Crippen molar-refractivity contribution in [2.75, 3.05) is 18.0 Å². The highest BCUT2D eigenvalue weighted by Gasteiger charge is 2.36. The van der Waals surface area contributed by atoms with Gasteiger partial charge in [0.15, 0.2) is 5.13 Å². The summed E-state index contributed by atoms with van der Waals surface area (Å²) < 4.78 is 10.8. The highest BCUT2D eigenvalue weighted by atomic mass is 32.1. The standard InChI is InChI=1S/C37H46N6O7S2/c1-24(2)31(42-37(48)49-20-27-22-51-35(39-27)43-15-9-10-16-43)34(46)40-29(17-25-11-5-3-6-12-25)32(44)33(45)30(18-26-13-7-4-8-14-26)41-36(47)50-21-28-19-38-23-52-28/h3-8,11-14,19,22-24,29-33,44-45H,9-10,15-18,20-21H2,1-2H3,(H,40,46)(H,41,47)(H,42,48)/t29-,30-,31-,32-,33+/m0/s1. The van der Waals surface area contributed by atoms with Gasteiger partial charge < -0.3 is 40.5 Å². The van der Waals surface area contributed by atoms with E-state index in [9.17, 15) is 24.6 Å². The number of ether oxygens (including phenoxy) is 2. The Morgan fingerprint density at radius 1 is 0.808 bits per heavy atom. The van der Waals surface area contributed by atoms with Crippen molar-refractivity contribution in [1.82, 2.24) is 25.9 Å². The van der Waals surface area contributed by atoms with Gasteiger partial charge in [0.25, 0.3) is 0 Å². The average Bonchev–Trinajstić information content (AvgIpc) is 3.96. The molecule has 13 nitrogen and oxygen atoms in total. The van der Waals surface area contributed by atoms with Gasteiger partial charge in [-0.05, 0) is 42.7 Å². The maximum absolute atomic E-state index is 13.8. The topological polar surface area (TPSA) is 175 Å². The molecule has 3 amide bonds. The monoisotopic (exact) mass is 750 g/mol. The minimum Gasteiger partial charge on any atom is -0.444 e. The molecule has 2 aromatic heterocycles. The van der Waals surface area contributed by atoms with Crippen LogP contribution in [0.3, 0.4) is 0 Å². The first kappa shape index (κ1) is 38.7. The molecule has 1 aliphatic rings. The lowest BCUT2D eigenvalue weighted by Crippen LogP contribution is -2.60. The zero-order valence-electron chi connectivity index (χ0n) is 29.2. The van der Waals surface area contributed by atoms with E-state index in [1.165, 1.54) is 22.7 Å². The lowest BCUT2D eigenvalue weighted by molar-refractivity contribution is -0.126. The maximum atomic E-state index is 13.8. The van der Waals surface area contributed by atoms with Crippen LogP contribution in [0.1, 0.15) is 48.4 Å². The second-order valence-corrected chi connectivity index (χ2v) is 14.8. The average molecular weight is 751 g/mol. The Morgan fingerprint density at radius 2 is 1.38 bits per heavy atom. The van der Waals surface area contributed by atoms with E-state index in [0.29, 0.717) is 5.69 Å². The summed E-state index contributed by atoms with van der Waals surface area (Å²) in [5, 5.41) is 34.4. The molecule has 5 N–H and O–H groups in total. The first-order chi connectivity index (χ1) is 25.2. The molecule has 0 aliphatic carbocycles. The van der Waals surface area contributed by atoms with Crippen molar-refractivity contribution >= 4 is 45.9 Å². The van der Waals surface area contributed by atoms with Gasteiger partial charge >= 0.3 is 12.2 Å². The molecule has 0 spiro atoms. The van der Waals surface area contributed by atoms with Crippen molar-refractivity contribution in [2.45, 2.75) is 83.1 Å². The summed E-state index contributed by atoms with van der Waals surface area (Å²) >= 11 is 2.84. The van der Waals surface area contributed by atoms with Crippen LogP contribution in [0.2, 0.25) is 0 Å². The molecule has 0 bridgehead atoms. The Balaban J connectivity index is 1.26. The van der Waals surface area contributed by atoms with Gasteiger partial charge in [0.2, 0.25) is 5.91 Å². The Kier molecular flexibility index (Phi) is 14.4. The number of aromatic nitrogens is 2. The third kappa shape index (κ3) is 11.5. The third-order valence-electron chi connectivity index (χ3n) is 8.72. The number of aliphatic hydroxyl groups excluding tert-OH is 2. The van der Waals surface area contributed by atoms with Gasteiger partial charge in [-0.1, -0.05) is 74.5 Å². The number of hydrogen-bond donors (Lipinski definition) is 5. The number of benzene rings is 2. The molecule has 5 rings (SSSR count). The second kappa shape index (κ2) is 19.3. The molecule has 278 valence electrons. The fourth-order valence-electron chi connectivity index (χ4n) is 5.90. The molecule has 1 saturated heterocycles. The second-order valence-electron chi connectivity index (χ2n) is 13.0. The number of hydrogen-bond acceptors (Lipinski definition) is 12.